The maximum Gasteiger partial charge on any atom is 0.329 e. The fourth-order valence-corrected chi connectivity index (χ4v) is 0.715. The molecule has 0 saturated carbocycles. The van der Waals surface area contributed by atoms with Gasteiger partial charge in [0.05, 0.1) is 0 Å². The average molecular weight is 173 g/mol. The maximum atomic E-state index is 10.8. The standard InChI is InChI=1S/C8H15NO3/c1-3-4-5-6-8(11)9-12-7(2)10/h3-6H2,1-2H3,(H,9,11). The first-order valence-electron chi connectivity index (χ1n) is 4.13. The van der Waals surface area contributed by atoms with E-state index in [1.54, 1.807) is 0 Å². The minimum absolute atomic E-state index is 0.237. The predicted octanol–water partition coefficient (Wildman–Crippen LogP) is 1.16. The summed E-state index contributed by atoms with van der Waals surface area (Å²) in [6.45, 7) is 3.30. The number of rotatable bonds is 4. The third-order valence-electron chi connectivity index (χ3n) is 1.32. The quantitative estimate of drug-likeness (QED) is 0.512. The van der Waals surface area contributed by atoms with E-state index in [1.807, 2.05) is 0 Å². The van der Waals surface area contributed by atoms with E-state index in [9.17, 15) is 9.59 Å². The molecular weight excluding hydrogens is 158 g/mol. The molecule has 0 atom stereocenters. The Kier molecular flexibility index (Phi) is 6.05. The molecule has 0 aromatic heterocycles. The van der Waals surface area contributed by atoms with E-state index in [4.69, 9.17) is 0 Å². The molecule has 4 nitrogen and oxygen atoms in total. The minimum Gasteiger partial charge on any atom is -0.341 e. The first kappa shape index (κ1) is 10.9. The molecule has 0 radical (unpaired) electrons. The van der Waals surface area contributed by atoms with Gasteiger partial charge < -0.3 is 4.84 Å². The highest BCUT2D eigenvalue weighted by atomic mass is 16.7. The van der Waals surface area contributed by atoms with Crippen molar-refractivity contribution in [2.45, 2.75) is 39.5 Å². The van der Waals surface area contributed by atoms with Crippen LogP contribution in [-0.4, -0.2) is 11.9 Å². The van der Waals surface area contributed by atoms with Crippen molar-refractivity contribution in [3.8, 4) is 0 Å². The van der Waals surface area contributed by atoms with E-state index >= 15 is 0 Å². The van der Waals surface area contributed by atoms with Crippen LogP contribution < -0.4 is 5.48 Å². The molecule has 0 rings (SSSR count). The van der Waals surface area contributed by atoms with Gasteiger partial charge in [-0.05, 0) is 6.42 Å². The molecule has 0 unspecified atom stereocenters. The molecule has 1 N–H and O–H groups in total. The molecule has 12 heavy (non-hydrogen) atoms. The lowest BCUT2D eigenvalue weighted by molar-refractivity contribution is -0.156. The zero-order valence-corrected chi connectivity index (χ0v) is 7.55. The molecule has 0 aliphatic carbocycles. The van der Waals surface area contributed by atoms with Gasteiger partial charge in [0, 0.05) is 13.3 Å². The van der Waals surface area contributed by atoms with Gasteiger partial charge in [-0.15, -0.1) is 0 Å². The summed E-state index contributed by atoms with van der Waals surface area (Å²) in [5.41, 5.74) is 2.05. The summed E-state index contributed by atoms with van der Waals surface area (Å²) in [5, 5.41) is 0. The summed E-state index contributed by atoms with van der Waals surface area (Å²) >= 11 is 0. The molecule has 0 aromatic carbocycles. The molecule has 70 valence electrons. The average Bonchev–Trinajstić information content (AvgIpc) is 2.01. The summed E-state index contributed by atoms with van der Waals surface area (Å²) < 4.78 is 0. The molecule has 0 heterocycles. The summed E-state index contributed by atoms with van der Waals surface area (Å²) in [6.07, 6.45) is 3.35. The molecule has 0 aliphatic rings. The highest BCUT2D eigenvalue weighted by molar-refractivity contribution is 5.77. The van der Waals surface area contributed by atoms with Crippen LogP contribution in [0.25, 0.3) is 0 Å². The maximum absolute atomic E-state index is 10.8. The van der Waals surface area contributed by atoms with Crippen molar-refractivity contribution in [1.29, 1.82) is 0 Å². The Balaban J connectivity index is 3.28. The monoisotopic (exact) mass is 173 g/mol. The number of amides is 1. The molecule has 0 saturated heterocycles. The summed E-state index contributed by atoms with van der Waals surface area (Å²) in [4.78, 5) is 25.4. The minimum atomic E-state index is -0.501. The van der Waals surface area contributed by atoms with Gasteiger partial charge in [-0.1, -0.05) is 19.8 Å². The first-order valence-corrected chi connectivity index (χ1v) is 4.13. The highest BCUT2D eigenvalue weighted by Gasteiger charge is 2.01. The Morgan fingerprint density at radius 3 is 2.50 bits per heavy atom. The van der Waals surface area contributed by atoms with Crippen LogP contribution in [0.4, 0.5) is 0 Å². The van der Waals surface area contributed by atoms with Crippen molar-refractivity contribution in [3.63, 3.8) is 0 Å². The van der Waals surface area contributed by atoms with Crippen LogP contribution in [0.15, 0.2) is 0 Å². The second-order valence-electron chi connectivity index (χ2n) is 2.58. The van der Waals surface area contributed by atoms with Gasteiger partial charge in [-0.2, -0.15) is 5.48 Å². The van der Waals surface area contributed by atoms with Crippen LogP contribution in [0.3, 0.4) is 0 Å². The molecule has 0 aliphatic heterocycles. The van der Waals surface area contributed by atoms with Crippen LogP contribution in [0.5, 0.6) is 0 Å². The molecule has 1 amide bonds. The number of carbonyl (C=O) groups is 2. The first-order chi connectivity index (χ1) is 5.66. The van der Waals surface area contributed by atoms with Crippen LogP contribution in [0.1, 0.15) is 39.5 Å². The topological polar surface area (TPSA) is 55.4 Å². The molecular formula is C8H15NO3. The van der Waals surface area contributed by atoms with Crippen molar-refractivity contribution in [2.75, 3.05) is 0 Å². The van der Waals surface area contributed by atoms with Crippen molar-refractivity contribution >= 4 is 11.9 Å². The number of hydrogen-bond donors (Lipinski definition) is 1. The van der Waals surface area contributed by atoms with E-state index in [0.29, 0.717) is 6.42 Å². The van der Waals surface area contributed by atoms with Gasteiger partial charge in [0.2, 0.25) is 0 Å². The zero-order valence-electron chi connectivity index (χ0n) is 7.55. The van der Waals surface area contributed by atoms with Crippen LogP contribution in [0, 0.1) is 0 Å². The smallest absolute Gasteiger partial charge is 0.329 e. The third kappa shape index (κ3) is 7.05. The van der Waals surface area contributed by atoms with Gasteiger partial charge >= 0.3 is 5.97 Å². The van der Waals surface area contributed by atoms with Gasteiger partial charge in [0.25, 0.3) is 5.91 Å². The second kappa shape index (κ2) is 6.64. The van der Waals surface area contributed by atoms with Crippen LogP contribution >= 0.6 is 0 Å². The number of unbranched alkanes of at least 4 members (excludes halogenated alkanes) is 2. The largest absolute Gasteiger partial charge is 0.341 e. The number of nitrogens with one attached hydrogen (secondary N) is 1. The lowest BCUT2D eigenvalue weighted by Gasteiger charge is -2.02. The highest BCUT2D eigenvalue weighted by Crippen LogP contribution is 1.97. The Morgan fingerprint density at radius 2 is 2.00 bits per heavy atom. The number of hydroxylamine groups is 1. The third-order valence-corrected chi connectivity index (χ3v) is 1.32. The Bertz CT molecular complexity index is 156. The van der Waals surface area contributed by atoms with Gasteiger partial charge in [0.15, 0.2) is 0 Å². The van der Waals surface area contributed by atoms with E-state index < -0.39 is 5.97 Å². The summed E-state index contributed by atoms with van der Waals surface area (Å²) in [5.74, 6) is -0.738. The number of hydrogen-bond acceptors (Lipinski definition) is 3. The SMILES string of the molecule is CCCCCC(=O)NOC(C)=O. The fraction of sp³-hybridized carbons (Fsp3) is 0.750. The lowest BCUT2D eigenvalue weighted by Crippen LogP contribution is -2.25. The van der Waals surface area contributed by atoms with E-state index in [0.717, 1.165) is 19.3 Å². The Morgan fingerprint density at radius 1 is 1.33 bits per heavy atom. The molecule has 4 heteroatoms. The van der Waals surface area contributed by atoms with Gasteiger partial charge in [-0.25, -0.2) is 0 Å². The zero-order chi connectivity index (χ0) is 9.40. The molecule has 0 spiro atoms. The van der Waals surface area contributed by atoms with E-state index in [-0.39, 0.29) is 5.91 Å². The summed E-state index contributed by atoms with van der Waals surface area (Å²) in [7, 11) is 0. The lowest BCUT2D eigenvalue weighted by atomic mass is 10.2. The summed E-state index contributed by atoms with van der Waals surface area (Å²) in [6, 6.07) is 0. The second-order valence-corrected chi connectivity index (χ2v) is 2.58. The van der Waals surface area contributed by atoms with Gasteiger partial charge in [0.1, 0.15) is 0 Å². The van der Waals surface area contributed by atoms with E-state index in [2.05, 4.69) is 17.2 Å². The Hall–Kier alpha value is -1.06. The van der Waals surface area contributed by atoms with Crippen molar-refractivity contribution < 1.29 is 14.4 Å². The van der Waals surface area contributed by atoms with Crippen LogP contribution in [-0.2, 0) is 14.4 Å². The van der Waals surface area contributed by atoms with Gasteiger partial charge in [-0.3, -0.25) is 9.59 Å². The normalized spacial score (nSPS) is 9.17. The van der Waals surface area contributed by atoms with E-state index in [1.165, 1.54) is 6.92 Å². The predicted molar refractivity (Wildman–Crippen MR) is 44.1 cm³/mol. The molecule has 0 bridgehead atoms. The molecule has 0 aromatic rings. The van der Waals surface area contributed by atoms with Crippen LogP contribution in [0.2, 0.25) is 0 Å². The number of carbonyl (C=O) groups excluding carboxylic acids is 2. The van der Waals surface area contributed by atoms with Crippen molar-refractivity contribution in [3.05, 3.63) is 0 Å². The molecule has 0 fully saturated rings. The Labute approximate surface area is 72.2 Å². The van der Waals surface area contributed by atoms with Crippen molar-refractivity contribution in [2.24, 2.45) is 0 Å². The fourth-order valence-electron chi connectivity index (χ4n) is 0.715. The van der Waals surface area contributed by atoms with Crippen molar-refractivity contribution in [1.82, 2.24) is 5.48 Å².